The predicted molar refractivity (Wildman–Crippen MR) is 158 cm³/mol. The van der Waals surface area contributed by atoms with Crippen molar-refractivity contribution in [3.8, 4) is 0 Å². The lowest BCUT2D eigenvalue weighted by Crippen LogP contribution is -2.62. The van der Waals surface area contributed by atoms with Gasteiger partial charge in [-0.1, -0.05) is 39.8 Å². The van der Waals surface area contributed by atoms with Crippen LogP contribution in [0.2, 0.25) is 0 Å². The van der Waals surface area contributed by atoms with Crippen LogP contribution in [0.3, 0.4) is 0 Å². The van der Waals surface area contributed by atoms with Crippen LogP contribution in [0.4, 0.5) is 0 Å². The minimum Gasteiger partial charge on any atom is -0.393 e. The van der Waals surface area contributed by atoms with Gasteiger partial charge in [0.05, 0.1) is 54.6 Å². The standard InChI is InChI=1S/C30H54N2O13/c1-13(2)7-8-16(43-29-26(37)23(31)24(35)15(5)42-29)9-20-22(19(34)12-30(40,45-20)11-18(33)14(3)4)27(38)32-17-10-21(41-6)44-28(39)25(17)36/h7-8,13-26,28-29,33-37,39-40H,9-12,31H2,1-6H3,(H,32,38)/b8-7+/t15?,16-,17?,18+,19-,20?,21?,22+,23?,24?,25?,26?,28?,29?,30+/m0/s1. The van der Waals surface area contributed by atoms with E-state index in [1.807, 2.05) is 19.9 Å². The Bertz CT molecular complexity index is 972. The molecule has 0 saturated carbocycles. The zero-order valence-electron chi connectivity index (χ0n) is 26.9. The van der Waals surface area contributed by atoms with Crippen LogP contribution in [0.5, 0.6) is 0 Å². The SMILES string of the molecule is COC1CC(NC(=O)[C@H]2C(C[C@H](/C=C/C(C)C)OC3OC(C)C(O)C(N)C3O)O[C@](O)(C[C@@H](O)C(C)C)C[C@@H]2O)C(O)C(O)O1. The van der Waals surface area contributed by atoms with E-state index < -0.39 is 104 Å². The third-order valence-electron chi connectivity index (χ3n) is 8.73. The van der Waals surface area contributed by atoms with E-state index in [0.29, 0.717) is 0 Å². The number of nitrogens with one attached hydrogen (secondary N) is 1. The molecule has 3 heterocycles. The highest BCUT2D eigenvalue weighted by atomic mass is 16.7. The van der Waals surface area contributed by atoms with E-state index in [9.17, 15) is 40.5 Å². The van der Waals surface area contributed by atoms with Crippen LogP contribution in [0.15, 0.2) is 12.2 Å². The van der Waals surface area contributed by atoms with Crippen LogP contribution in [-0.2, 0) is 28.5 Å². The first kappa shape index (κ1) is 38.1. The van der Waals surface area contributed by atoms with Crippen molar-refractivity contribution in [3.05, 3.63) is 12.2 Å². The summed E-state index contributed by atoms with van der Waals surface area (Å²) >= 11 is 0. The van der Waals surface area contributed by atoms with Gasteiger partial charge in [-0.25, -0.2) is 0 Å². The van der Waals surface area contributed by atoms with E-state index in [-0.39, 0.29) is 31.1 Å². The van der Waals surface area contributed by atoms with Crippen molar-refractivity contribution in [3.63, 3.8) is 0 Å². The minimum atomic E-state index is -2.01. The lowest BCUT2D eigenvalue weighted by molar-refractivity contribution is -0.308. The highest BCUT2D eigenvalue weighted by molar-refractivity contribution is 5.80. The van der Waals surface area contributed by atoms with Gasteiger partial charge in [-0.15, -0.1) is 0 Å². The quantitative estimate of drug-likeness (QED) is 0.106. The number of ether oxygens (including phenoxy) is 5. The number of allylic oxidation sites excluding steroid dienone is 1. The molecule has 15 heteroatoms. The van der Waals surface area contributed by atoms with Crippen LogP contribution < -0.4 is 11.1 Å². The summed E-state index contributed by atoms with van der Waals surface area (Å²) in [6.45, 7) is 8.97. The minimum absolute atomic E-state index is 0.00336. The second kappa shape index (κ2) is 16.2. The summed E-state index contributed by atoms with van der Waals surface area (Å²) in [4.78, 5) is 13.8. The number of amides is 1. The molecule has 0 aromatic heterocycles. The van der Waals surface area contributed by atoms with Gasteiger partial charge in [-0.2, -0.15) is 0 Å². The summed E-state index contributed by atoms with van der Waals surface area (Å²) in [6.07, 6.45) is -10.4. The molecule has 10 unspecified atom stereocenters. The predicted octanol–water partition coefficient (Wildman–Crippen LogP) is -1.81. The number of nitrogens with two attached hydrogens (primary N) is 1. The van der Waals surface area contributed by atoms with Crippen LogP contribution >= 0.6 is 0 Å². The fourth-order valence-electron chi connectivity index (χ4n) is 5.86. The molecule has 3 saturated heterocycles. The summed E-state index contributed by atoms with van der Waals surface area (Å²) < 4.78 is 28.2. The third kappa shape index (κ3) is 9.85. The Labute approximate surface area is 264 Å². The van der Waals surface area contributed by atoms with E-state index >= 15 is 0 Å². The molecule has 3 rings (SSSR count). The van der Waals surface area contributed by atoms with E-state index in [2.05, 4.69) is 5.32 Å². The molecule has 3 aliphatic rings. The van der Waals surface area contributed by atoms with Gasteiger partial charge in [0.15, 0.2) is 24.7 Å². The summed E-state index contributed by atoms with van der Waals surface area (Å²) in [5.74, 6) is -4.20. The van der Waals surface area contributed by atoms with Crippen molar-refractivity contribution in [1.29, 1.82) is 0 Å². The Hall–Kier alpha value is -1.31. The summed E-state index contributed by atoms with van der Waals surface area (Å²) in [5, 5.41) is 77.6. The number of hydrogen-bond acceptors (Lipinski definition) is 14. The smallest absolute Gasteiger partial charge is 0.228 e. The molecule has 262 valence electrons. The Morgan fingerprint density at radius 3 is 2.33 bits per heavy atom. The Balaban J connectivity index is 1.91. The molecule has 10 N–H and O–H groups in total. The zero-order chi connectivity index (χ0) is 33.8. The lowest BCUT2D eigenvalue weighted by Gasteiger charge is -2.46. The highest BCUT2D eigenvalue weighted by Gasteiger charge is 2.51. The molecule has 0 aliphatic carbocycles. The molecule has 3 fully saturated rings. The average Bonchev–Trinajstić information content (AvgIpc) is 2.94. The van der Waals surface area contributed by atoms with Crippen LogP contribution in [0.1, 0.15) is 60.3 Å². The molecule has 0 radical (unpaired) electrons. The molecule has 45 heavy (non-hydrogen) atoms. The summed E-state index contributed by atoms with van der Waals surface area (Å²) in [7, 11) is 1.35. The third-order valence-corrected chi connectivity index (χ3v) is 8.73. The molecule has 0 aromatic rings. The maximum atomic E-state index is 13.8. The second-order valence-electron chi connectivity index (χ2n) is 13.3. The molecular formula is C30H54N2O13. The normalized spacial score (nSPS) is 42.7. The second-order valence-corrected chi connectivity index (χ2v) is 13.3. The number of methoxy groups -OCH3 is 1. The number of carbonyl (C=O) groups excluding carboxylic acids is 1. The van der Waals surface area contributed by atoms with Crippen molar-refractivity contribution >= 4 is 5.91 Å². The van der Waals surface area contributed by atoms with Crippen molar-refractivity contribution < 1.29 is 64.2 Å². The fraction of sp³-hybridized carbons (Fsp3) is 0.900. The lowest BCUT2D eigenvalue weighted by atomic mass is 9.81. The van der Waals surface area contributed by atoms with Gasteiger partial charge in [0.1, 0.15) is 12.2 Å². The van der Waals surface area contributed by atoms with Crippen molar-refractivity contribution in [2.24, 2.45) is 23.5 Å². The number of aliphatic hydroxyl groups is 7. The molecule has 0 aromatic carbocycles. The van der Waals surface area contributed by atoms with Gasteiger partial charge in [0, 0.05) is 32.8 Å². The maximum Gasteiger partial charge on any atom is 0.228 e. The number of aliphatic hydroxyl groups excluding tert-OH is 6. The van der Waals surface area contributed by atoms with Crippen LogP contribution in [0, 0.1) is 17.8 Å². The fourth-order valence-corrected chi connectivity index (χ4v) is 5.86. The number of rotatable bonds is 12. The topological polar surface area (TPSA) is 243 Å². The maximum absolute atomic E-state index is 13.8. The molecule has 0 bridgehead atoms. The first-order valence-electron chi connectivity index (χ1n) is 15.7. The monoisotopic (exact) mass is 650 g/mol. The number of hydrogen-bond donors (Lipinski definition) is 9. The van der Waals surface area contributed by atoms with Gasteiger partial charge in [-0.05, 0) is 18.8 Å². The molecular weight excluding hydrogens is 596 g/mol. The van der Waals surface area contributed by atoms with E-state index in [4.69, 9.17) is 29.4 Å². The summed E-state index contributed by atoms with van der Waals surface area (Å²) in [6, 6.07) is -2.06. The molecule has 3 aliphatic heterocycles. The highest BCUT2D eigenvalue weighted by Crippen LogP contribution is 2.38. The van der Waals surface area contributed by atoms with E-state index in [0.717, 1.165) is 0 Å². The van der Waals surface area contributed by atoms with Crippen molar-refractivity contribution in [2.45, 2.75) is 146 Å². The first-order valence-corrected chi connectivity index (χ1v) is 15.7. The van der Waals surface area contributed by atoms with Gasteiger partial charge in [-0.3, -0.25) is 4.79 Å². The molecule has 15 atom stereocenters. The average molecular weight is 651 g/mol. The van der Waals surface area contributed by atoms with Gasteiger partial charge in [0.2, 0.25) is 5.91 Å². The zero-order valence-corrected chi connectivity index (χ0v) is 26.9. The molecule has 0 spiro atoms. The van der Waals surface area contributed by atoms with Gasteiger partial charge in [0.25, 0.3) is 0 Å². The first-order chi connectivity index (χ1) is 21.0. The Kier molecular flexibility index (Phi) is 13.7. The largest absolute Gasteiger partial charge is 0.393 e. The molecule has 15 nitrogen and oxygen atoms in total. The Morgan fingerprint density at radius 1 is 1.07 bits per heavy atom. The van der Waals surface area contributed by atoms with Crippen LogP contribution in [-0.4, -0.2) is 134 Å². The van der Waals surface area contributed by atoms with Crippen molar-refractivity contribution in [2.75, 3.05) is 7.11 Å². The van der Waals surface area contributed by atoms with E-state index in [1.165, 1.54) is 7.11 Å². The van der Waals surface area contributed by atoms with Crippen molar-refractivity contribution in [1.82, 2.24) is 5.32 Å². The van der Waals surface area contributed by atoms with Gasteiger partial charge < -0.3 is 70.5 Å². The van der Waals surface area contributed by atoms with Crippen LogP contribution in [0.25, 0.3) is 0 Å². The Morgan fingerprint density at radius 2 is 1.73 bits per heavy atom. The molecule has 1 amide bonds. The van der Waals surface area contributed by atoms with E-state index in [1.54, 1.807) is 26.8 Å². The summed E-state index contributed by atoms with van der Waals surface area (Å²) in [5.41, 5.74) is 6.00. The van der Waals surface area contributed by atoms with Gasteiger partial charge >= 0.3 is 0 Å². The number of carbonyl (C=O) groups is 1.